The lowest BCUT2D eigenvalue weighted by Gasteiger charge is -2.43. The summed E-state index contributed by atoms with van der Waals surface area (Å²) >= 11 is 0. The Bertz CT molecular complexity index is 306. The fraction of sp³-hybridized carbons (Fsp3) is 0.727. The van der Waals surface area contributed by atoms with E-state index in [1.54, 1.807) is 6.33 Å². The van der Waals surface area contributed by atoms with Gasteiger partial charge in [-0.3, -0.25) is 0 Å². The van der Waals surface area contributed by atoms with E-state index in [0.717, 1.165) is 12.2 Å². The summed E-state index contributed by atoms with van der Waals surface area (Å²) in [5.74, 6) is 0. The Kier molecular flexibility index (Phi) is 2.35. The van der Waals surface area contributed by atoms with Gasteiger partial charge in [-0.2, -0.15) is 0 Å². The van der Waals surface area contributed by atoms with Crippen LogP contribution in [0.15, 0.2) is 6.33 Å². The Morgan fingerprint density at radius 1 is 1.57 bits per heavy atom. The van der Waals surface area contributed by atoms with Gasteiger partial charge in [-0.05, 0) is 25.2 Å². The van der Waals surface area contributed by atoms with Gasteiger partial charge in [-0.1, -0.05) is 13.8 Å². The van der Waals surface area contributed by atoms with E-state index < -0.39 is 0 Å². The van der Waals surface area contributed by atoms with Gasteiger partial charge in [0.15, 0.2) is 0 Å². The van der Waals surface area contributed by atoms with E-state index in [9.17, 15) is 0 Å². The van der Waals surface area contributed by atoms with Crippen molar-refractivity contribution >= 4 is 0 Å². The van der Waals surface area contributed by atoms with E-state index in [2.05, 4.69) is 36.1 Å². The van der Waals surface area contributed by atoms with Gasteiger partial charge in [0.1, 0.15) is 0 Å². The molecule has 1 saturated carbocycles. The molecule has 0 saturated heterocycles. The predicted octanol–water partition coefficient (Wildman–Crippen LogP) is 2.00. The zero-order valence-electron chi connectivity index (χ0n) is 9.22. The van der Waals surface area contributed by atoms with Gasteiger partial charge >= 0.3 is 0 Å². The molecule has 1 heterocycles. The number of hydrogen-bond donors (Lipinski definition) is 2. The second-order valence-corrected chi connectivity index (χ2v) is 5.12. The molecule has 1 aromatic heterocycles. The van der Waals surface area contributed by atoms with E-state index in [1.807, 2.05) is 0 Å². The first kappa shape index (κ1) is 9.71. The molecule has 1 aliphatic carbocycles. The molecule has 3 heteroatoms. The summed E-state index contributed by atoms with van der Waals surface area (Å²) in [6, 6.07) is 0.695. The molecule has 1 fully saturated rings. The van der Waals surface area contributed by atoms with Crippen molar-refractivity contribution in [2.75, 3.05) is 0 Å². The number of aromatic nitrogens is 2. The molecule has 0 atom stereocenters. The Morgan fingerprint density at radius 3 is 2.79 bits per heavy atom. The van der Waals surface area contributed by atoms with Crippen LogP contribution in [0.4, 0.5) is 0 Å². The molecule has 78 valence electrons. The molecule has 0 amide bonds. The zero-order valence-corrected chi connectivity index (χ0v) is 9.22. The topological polar surface area (TPSA) is 40.7 Å². The lowest BCUT2D eigenvalue weighted by atomic mass is 9.68. The molecule has 0 aliphatic heterocycles. The fourth-order valence-electron chi connectivity index (χ4n) is 2.22. The molecule has 3 nitrogen and oxygen atoms in total. The third kappa shape index (κ3) is 1.98. The molecule has 0 aromatic carbocycles. The maximum absolute atomic E-state index is 4.26. The zero-order chi connectivity index (χ0) is 10.2. The van der Waals surface area contributed by atoms with Crippen LogP contribution in [0.1, 0.15) is 38.1 Å². The van der Waals surface area contributed by atoms with E-state index in [-0.39, 0.29) is 0 Å². The van der Waals surface area contributed by atoms with Crippen LogP contribution < -0.4 is 5.32 Å². The second-order valence-electron chi connectivity index (χ2n) is 5.12. The highest BCUT2D eigenvalue weighted by Crippen LogP contribution is 2.39. The summed E-state index contributed by atoms with van der Waals surface area (Å²) in [6.45, 7) is 7.61. The van der Waals surface area contributed by atoms with Crippen molar-refractivity contribution in [3.05, 3.63) is 17.7 Å². The van der Waals surface area contributed by atoms with Crippen molar-refractivity contribution in [3.63, 3.8) is 0 Å². The van der Waals surface area contributed by atoms with Gasteiger partial charge in [0.25, 0.3) is 0 Å². The average Bonchev–Trinajstić information content (AvgIpc) is 2.44. The molecule has 14 heavy (non-hydrogen) atoms. The number of H-pyrrole nitrogens is 1. The summed E-state index contributed by atoms with van der Waals surface area (Å²) in [4.78, 5) is 7.36. The van der Waals surface area contributed by atoms with Crippen molar-refractivity contribution in [1.82, 2.24) is 15.3 Å². The van der Waals surface area contributed by atoms with Gasteiger partial charge in [0.2, 0.25) is 0 Å². The minimum atomic E-state index is 0.554. The Balaban J connectivity index is 1.77. The summed E-state index contributed by atoms with van der Waals surface area (Å²) in [5, 5.41) is 3.54. The van der Waals surface area contributed by atoms with Crippen molar-refractivity contribution < 1.29 is 0 Å². The van der Waals surface area contributed by atoms with Gasteiger partial charge in [0, 0.05) is 18.3 Å². The monoisotopic (exact) mass is 193 g/mol. The molecule has 0 unspecified atom stereocenters. The van der Waals surface area contributed by atoms with E-state index >= 15 is 0 Å². The van der Waals surface area contributed by atoms with E-state index in [4.69, 9.17) is 0 Å². The van der Waals surface area contributed by atoms with Gasteiger partial charge < -0.3 is 10.3 Å². The van der Waals surface area contributed by atoms with Gasteiger partial charge in [0.05, 0.1) is 12.0 Å². The second kappa shape index (κ2) is 3.39. The van der Waals surface area contributed by atoms with Crippen molar-refractivity contribution in [2.24, 2.45) is 5.41 Å². The smallest absolute Gasteiger partial charge is 0.0925 e. The molecule has 0 radical (unpaired) electrons. The normalized spacial score (nSPS) is 20.8. The van der Waals surface area contributed by atoms with Crippen LogP contribution in [-0.2, 0) is 6.54 Å². The largest absolute Gasteiger partial charge is 0.348 e. The summed E-state index contributed by atoms with van der Waals surface area (Å²) < 4.78 is 0. The SMILES string of the molecule is Cc1[nH]cnc1CNC1CC(C)(C)C1. The quantitative estimate of drug-likeness (QED) is 0.770. The summed E-state index contributed by atoms with van der Waals surface area (Å²) in [6.07, 6.45) is 4.34. The van der Waals surface area contributed by atoms with Crippen LogP contribution in [0.3, 0.4) is 0 Å². The third-order valence-corrected chi connectivity index (χ3v) is 3.09. The molecule has 1 aromatic rings. The number of nitrogens with zero attached hydrogens (tertiary/aromatic N) is 1. The van der Waals surface area contributed by atoms with Crippen LogP contribution in [0.2, 0.25) is 0 Å². The Morgan fingerprint density at radius 2 is 2.29 bits per heavy atom. The number of hydrogen-bond acceptors (Lipinski definition) is 2. The number of imidazole rings is 1. The van der Waals surface area contributed by atoms with Crippen LogP contribution in [0.25, 0.3) is 0 Å². The minimum absolute atomic E-state index is 0.554. The molecule has 1 aliphatic rings. The Labute approximate surface area is 85.3 Å². The van der Waals surface area contributed by atoms with Crippen LogP contribution in [0, 0.1) is 12.3 Å². The third-order valence-electron chi connectivity index (χ3n) is 3.09. The van der Waals surface area contributed by atoms with Crippen LogP contribution >= 0.6 is 0 Å². The maximum atomic E-state index is 4.26. The number of aryl methyl sites for hydroxylation is 1. The minimum Gasteiger partial charge on any atom is -0.348 e. The highest BCUT2D eigenvalue weighted by Gasteiger charge is 2.35. The van der Waals surface area contributed by atoms with Gasteiger partial charge in [-0.25, -0.2) is 4.98 Å². The fourth-order valence-corrected chi connectivity index (χ4v) is 2.22. The highest BCUT2D eigenvalue weighted by atomic mass is 15.0. The molecular formula is C11H19N3. The van der Waals surface area contributed by atoms with Crippen molar-refractivity contribution in [2.45, 2.75) is 46.2 Å². The number of rotatable bonds is 3. The first-order chi connectivity index (χ1) is 6.57. The average molecular weight is 193 g/mol. The number of aromatic amines is 1. The first-order valence-corrected chi connectivity index (χ1v) is 5.29. The Hall–Kier alpha value is -0.830. The first-order valence-electron chi connectivity index (χ1n) is 5.29. The van der Waals surface area contributed by atoms with Crippen LogP contribution in [0.5, 0.6) is 0 Å². The summed E-state index contributed by atoms with van der Waals surface area (Å²) in [7, 11) is 0. The molecule has 2 rings (SSSR count). The molecule has 0 bridgehead atoms. The predicted molar refractivity (Wildman–Crippen MR) is 57.0 cm³/mol. The van der Waals surface area contributed by atoms with Crippen molar-refractivity contribution in [3.8, 4) is 0 Å². The standard InChI is InChI=1S/C11H19N3/c1-8-10(14-7-13-8)6-12-9-4-11(2,3)5-9/h7,9,12H,4-6H2,1-3H3,(H,13,14). The van der Waals surface area contributed by atoms with E-state index in [1.165, 1.54) is 18.5 Å². The van der Waals surface area contributed by atoms with Crippen LogP contribution in [-0.4, -0.2) is 16.0 Å². The maximum Gasteiger partial charge on any atom is 0.0925 e. The highest BCUT2D eigenvalue weighted by molar-refractivity contribution is 5.08. The molecule has 0 spiro atoms. The molecular weight excluding hydrogens is 174 g/mol. The van der Waals surface area contributed by atoms with Gasteiger partial charge in [-0.15, -0.1) is 0 Å². The number of nitrogens with one attached hydrogen (secondary N) is 2. The lowest BCUT2D eigenvalue weighted by Crippen LogP contribution is -2.45. The summed E-state index contributed by atoms with van der Waals surface area (Å²) in [5.41, 5.74) is 2.88. The molecule has 2 N–H and O–H groups in total. The van der Waals surface area contributed by atoms with E-state index in [0.29, 0.717) is 11.5 Å². The lowest BCUT2D eigenvalue weighted by molar-refractivity contribution is 0.125. The van der Waals surface area contributed by atoms with Crippen molar-refractivity contribution in [1.29, 1.82) is 0 Å².